The van der Waals surface area contributed by atoms with Crippen LogP contribution in [0.3, 0.4) is 0 Å². The summed E-state index contributed by atoms with van der Waals surface area (Å²) in [6.07, 6.45) is 1.05. The van der Waals surface area contributed by atoms with E-state index in [9.17, 15) is 4.79 Å². The van der Waals surface area contributed by atoms with E-state index >= 15 is 0 Å². The van der Waals surface area contributed by atoms with Gasteiger partial charge in [-0.25, -0.2) is 9.78 Å². The molecule has 1 amide bonds. The monoisotopic (exact) mass is 230 g/mol. The molecule has 12 heavy (non-hydrogen) atoms. The second kappa shape index (κ2) is 4.06. The zero-order valence-corrected chi connectivity index (χ0v) is 7.96. The topological polar surface area (TPSA) is 51.2 Å². The number of pyridine rings is 1. The molecule has 0 unspecified atom stereocenters. The molecule has 0 spiro atoms. The predicted octanol–water partition coefficient (Wildman–Crippen LogP) is 2.02. The Hall–Kier alpha value is -1.10. The highest BCUT2D eigenvalue weighted by molar-refractivity contribution is 9.10. The van der Waals surface area contributed by atoms with E-state index in [2.05, 4.69) is 31.0 Å². The minimum Gasteiger partial charge on any atom is -0.453 e. The first-order valence-corrected chi connectivity index (χ1v) is 3.98. The summed E-state index contributed by atoms with van der Waals surface area (Å²) < 4.78 is 5.24. The first-order chi connectivity index (χ1) is 5.72. The maximum atomic E-state index is 10.7. The Morgan fingerprint density at radius 2 is 2.50 bits per heavy atom. The third-order valence-electron chi connectivity index (χ3n) is 1.14. The van der Waals surface area contributed by atoms with Crippen molar-refractivity contribution in [3.05, 3.63) is 22.8 Å². The van der Waals surface area contributed by atoms with Crippen molar-refractivity contribution in [2.45, 2.75) is 0 Å². The van der Waals surface area contributed by atoms with Crippen LogP contribution in [-0.2, 0) is 4.74 Å². The molecule has 0 aliphatic rings. The number of nitrogens with zero attached hydrogens (tertiary/aromatic N) is 1. The molecule has 0 saturated carbocycles. The Labute approximate surface area is 78.1 Å². The highest BCUT2D eigenvalue weighted by Crippen LogP contribution is 2.12. The Morgan fingerprint density at radius 1 is 1.75 bits per heavy atom. The SMILES string of the molecule is COC(=O)Nc1cc(Br)ccn1. The number of amides is 1. The summed E-state index contributed by atoms with van der Waals surface area (Å²) in [4.78, 5) is 14.6. The van der Waals surface area contributed by atoms with E-state index in [-0.39, 0.29) is 0 Å². The number of nitrogens with one attached hydrogen (secondary N) is 1. The first kappa shape index (κ1) is 8.99. The largest absolute Gasteiger partial charge is 0.453 e. The quantitative estimate of drug-likeness (QED) is 0.804. The number of aromatic nitrogens is 1. The third-order valence-corrected chi connectivity index (χ3v) is 1.63. The number of carbonyl (C=O) groups is 1. The average molecular weight is 231 g/mol. The van der Waals surface area contributed by atoms with Crippen molar-refractivity contribution < 1.29 is 9.53 Å². The number of hydrogen-bond acceptors (Lipinski definition) is 3. The molecule has 0 aliphatic heterocycles. The number of methoxy groups -OCH3 is 1. The molecular weight excluding hydrogens is 224 g/mol. The second-order valence-electron chi connectivity index (χ2n) is 1.98. The molecule has 1 N–H and O–H groups in total. The maximum Gasteiger partial charge on any atom is 0.412 e. The minimum absolute atomic E-state index is 0.455. The molecule has 5 heteroatoms. The van der Waals surface area contributed by atoms with Gasteiger partial charge in [-0.1, -0.05) is 15.9 Å². The lowest BCUT2D eigenvalue weighted by Gasteiger charge is -2.01. The fourth-order valence-electron chi connectivity index (χ4n) is 0.629. The van der Waals surface area contributed by atoms with Gasteiger partial charge in [0, 0.05) is 10.7 Å². The molecule has 4 nitrogen and oxygen atoms in total. The smallest absolute Gasteiger partial charge is 0.412 e. The number of rotatable bonds is 1. The number of ether oxygens (including phenoxy) is 1. The molecule has 0 bridgehead atoms. The van der Waals surface area contributed by atoms with Gasteiger partial charge in [-0.2, -0.15) is 0 Å². The van der Waals surface area contributed by atoms with Crippen LogP contribution in [0.25, 0.3) is 0 Å². The van der Waals surface area contributed by atoms with Crippen LogP contribution in [0.15, 0.2) is 22.8 Å². The van der Waals surface area contributed by atoms with Gasteiger partial charge in [-0.15, -0.1) is 0 Å². The number of carbonyl (C=O) groups excluding carboxylic acids is 1. The van der Waals surface area contributed by atoms with Gasteiger partial charge < -0.3 is 4.74 Å². The molecular formula is C7H7BrN2O2. The van der Waals surface area contributed by atoms with Crippen molar-refractivity contribution in [2.75, 3.05) is 12.4 Å². The van der Waals surface area contributed by atoms with Crippen molar-refractivity contribution in [3.63, 3.8) is 0 Å². The van der Waals surface area contributed by atoms with E-state index in [4.69, 9.17) is 0 Å². The van der Waals surface area contributed by atoms with Crippen LogP contribution in [0.4, 0.5) is 10.6 Å². The summed E-state index contributed by atoms with van der Waals surface area (Å²) >= 11 is 3.24. The normalized spacial score (nSPS) is 9.17. The Balaban J connectivity index is 2.69. The molecule has 0 aromatic carbocycles. The molecule has 0 aliphatic carbocycles. The predicted molar refractivity (Wildman–Crippen MR) is 48.0 cm³/mol. The van der Waals surface area contributed by atoms with Gasteiger partial charge in [-0.3, -0.25) is 5.32 Å². The maximum absolute atomic E-state index is 10.7. The Bertz CT molecular complexity index is 290. The lowest BCUT2D eigenvalue weighted by molar-refractivity contribution is 0.187. The van der Waals surface area contributed by atoms with E-state index in [1.54, 1.807) is 18.3 Å². The zero-order valence-electron chi connectivity index (χ0n) is 6.37. The molecule has 0 saturated heterocycles. The van der Waals surface area contributed by atoms with Crippen LogP contribution in [0.1, 0.15) is 0 Å². The molecule has 1 rings (SSSR count). The second-order valence-corrected chi connectivity index (χ2v) is 2.89. The van der Waals surface area contributed by atoms with Gasteiger partial charge in [-0.05, 0) is 12.1 Å². The average Bonchev–Trinajstić information content (AvgIpc) is 2.04. The van der Waals surface area contributed by atoms with Gasteiger partial charge in [0.05, 0.1) is 7.11 Å². The lowest BCUT2D eigenvalue weighted by atomic mass is 10.5. The molecule has 1 heterocycles. The summed E-state index contributed by atoms with van der Waals surface area (Å²) in [5.74, 6) is 0.455. The van der Waals surface area contributed by atoms with Crippen LogP contribution in [0.2, 0.25) is 0 Å². The molecule has 1 aromatic rings. The fraction of sp³-hybridized carbons (Fsp3) is 0.143. The summed E-state index contributed by atoms with van der Waals surface area (Å²) in [6.45, 7) is 0. The Morgan fingerprint density at radius 3 is 3.08 bits per heavy atom. The van der Waals surface area contributed by atoms with Crippen molar-refractivity contribution >= 4 is 27.8 Å². The molecule has 1 aromatic heterocycles. The van der Waals surface area contributed by atoms with Crippen LogP contribution in [-0.4, -0.2) is 18.2 Å². The van der Waals surface area contributed by atoms with E-state index < -0.39 is 6.09 Å². The van der Waals surface area contributed by atoms with Crippen molar-refractivity contribution in [1.82, 2.24) is 4.98 Å². The van der Waals surface area contributed by atoms with Crippen LogP contribution in [0.5, 0.6) is 0 Å². The van der Waals surface area contributed by atoms with Gasteiger partial charge in [0.25, 0.3) is 0 Å². The fourth-order valence-corrected chi connectivity index (χ4v) is 0.964. The van der Waals surface area contributed by atoms with Crippen LogP contribution < -0.4 is 5.32 Å². The number of anilines is 1. The summed E-state index contributed by atoms with van der Waals surface area (Å²) in [5.41, 5.74) is 0. The van der Waals surface area contributed by atoms with E-state index in [0.717, 1.165) is 4.47 Å². The standard InChI is InChI=1S/C7H7BrN2O2/c1-12-7(11)10-6-4-5(8)2-3-9-6/h2-4H,1H3,(H,9,10,11). The van der Waals surface area contributed by atoms with E-state index in [0.29, 0.717) is 5.82 Å². The van der Waals surface area contributed by atoms with Crippen LogP contribution >= 0.6 is 15.9 Å². The number of hydrogen-bond donors (Lipinski definition) is 1. The minimum atomic E-state index is -0.527. The van der Waals surface area contributed by atoms with Gasteiger partial charge in [0.15, 0.2) is 0 Å². The summed E-state index contributed by atoms with van der Waals surface area (Å²) in [6, 6.07) is 3.44. The molecule has 0 atom stereocenters. The van der Waals surface area contributed by atoms with Crippen molar-refractivity contribution in [1.29, 1.82) is 0 Å². The Kier molecular flexibility index (Phi) is 3.04. The molecule has 64 valence electrons. The lowest BCUT2D eigenvalue weighted by Crippen LogP contribution is -2.11. The van der Waals surface area contributed by atoms with Crippen LogP contribution in [0, 0.1) is 0 Å². The zero-order chi connectivity index (χ0) is 8.97. The summed E-state index contributed by atoms with van der Waals surface area (Å²) in [5, 5.41) is 2.43. The molecule has 0 radical (unpaired) electrons. The highest BCUT2D eigenvalue weighted by Gasteiger charge is 2.00. The molecule has 0 fully saturated rings. The van der Waals surface area contributed by atoms with Gasteiger partial charge in [0.2, 0.25) is 0 Å². The van der Waals surface area contributed by atoms with Gasteiger partial charge >= 0.3 is 6.09 Å². The van der Waals surface area contributed by atoms with Gasteiger partial charge in [0.1, 0.15) is 5.82 Å². The third kappa shape index (κ3) is 2.50. The number of halogens is 1. The summed E-state index contributed by atoms with van der Waals surface area (Å²) in [7, 11) is 1.30. The van der Waals surface area contributed by atoms with Crippen molar-refractivity contribution in [3.8, 4) is 0 Å². The van der Waals surface area contributed by atoms with E-state index in [1.165, 1.54) is 7.11 Å². The first-order valence-electron chi connectivity index (χ1n) is 3.19. The highest BCUT2D eigenvalue weighted by atomic mass is 79.9. The van der Waals surface area contributed by atoms with Crippen molar-refractivity contribution in [2.24, 2.45) is 0 Å². The van der Waals surface area contributed by atoms with E-state index in [1.807, 2.05) is 0 Å².